The van der Waals surface area contributed by atoms with Crippen molar-refractivity contribution >= 4 is 28.5 Å². The van der Waals surface area contributed by atoms with Crippen molar-refractivity contribution in [1.29, 1.82) is 0 Å². The highest BCUT2D eigenvalue weighted by atomic mass is 32.2. The Morgan fingerprint density at radius 3 is 2.72 bits per heavy atom. The number of hydrogen-bond donors (Lipinski definition) is 2. The largest absolute Gasteiger partial charge is 0.454 e. The molecule has 1 aromatic heterocycles. The molecule has 188 valence electrons. The standard InChI is InChI=1S/C27H30N4O4S/c1-15-21(29-17(3)35-15)8-6-19-13-20(7-9-22(19)28-4)26-16(2)36-27(31-26)30-25(32)12-18-5-10-23-24(11-18)34-14-33-23/h5,7,9-11,13,16,26,28H,6,8,12,14H2,1-4H3,(H,30,31,32). The highest BCUT2D eigenvalue weighted by Gasteiger charge is 2.29. The maximum atomic E-state index is 12.7. The van der Waals surface area contributed by atoms with Gasteiger partial charge in [-0.15, -0.1) is 0 Å². The lowest BCUT2D eigenvalue weighted by atomic mass is 9.98. The van der Waals surface area contributed by atoms with Gasteiger partial charge in [0.25, 0.3) is 0 Å². The Morgan fingerprint density at radius 1 is 1.11 bits per heavy atom. The van der Waals surface area contributed by atoms with Crippen LogP contribution in [0.4, 0.5) is 5.69 Å². The third-order valence-corrected chi connectivity index (χ3v) is 7.48. The van der Waals surface area contributed by atoms with E-state index in [-0.39, 0.29) is 30.4 Å². The molecular weight excluding hydrogens is 476 g/mol. The fourth-order valence-electron chi connectivity index (χ4n) is 4.61. The summed E-state index contributed by atoms with van der Waals surface area (Å²) in [5.41, 5.74) is 5.31. The summed E-state index contributed by atoms with van der Waals surface area (Å²) in [7, 11) is 1.93. The number of rotatable bonds is 7. The maximum Gasteiger partial charge on any atom is 0.231 e. The first-order chi connectivity index (χ1) is 17.4. The summed E-state index contributed by atoms with van der Waals surface area (Å²) in [4.78, 5) is 22.1. The van der Waals surface area contributed by atoms with Crippen molar-refractivity contribution in [3.05, 3.63) is 70.4 Å². The van der Waals surface area contributed by atoms with E-state index in [1.54, 1.807) is 11.8 Å². The minimum absolute atomic E-state index is 0.0310. The summed E-state index contributed by atoms with van der Waals surface area (Å²) >= 11 is 1.59. The lowest BCUT2D eigenvalue weighted by Crippen LogP contribution is -2.29. The topological polar surface area (TPSA) is 98.0 Å². The zero-order valence-corrected chi connectivity index (χ0v) is 21.7. The SMILES string of the molecule is CNc1ccc(C2N=C(NC(=O)Cc3ccc4c(c3)OCO4)SC2C)cc1CCc1nc(C)oc1C. The molecule has 0 radical (unpaired) electrons. The number of amides is 1. The fourth-order valence-corrected chi connectivity index (χ4v) is 5.66. The summed E-state index contributed by atoms with van der Waals surface area (Å²) in [5, 5.41) is 7.15. The van der Waals surface area contributed by atoms with Crippen LogP contribution in [-0.2, 0) is 24.1 Å². The molecule has 0 bridgehead atoms. The summed E-state index contributed by atoms with van der Waals surface area (Å²) < 4.78 is 16.3. The number of ether oxygens (including phenoxy) is 2. The van der Waals surface area contributed by atoms with Crippen LogP contribution in [0.15, 0.2) is 45.8 Å². The Bertz CT molecular complexity index is 1320. The molecule has 2 aliphatic heterocycles. The summed E-state index contributed by atoms with van der Waals surface area (Å²) in [6.45, 7) is 6.19. The summed E-state index contributed by atoms with van der Waals surface area (Å²) in [6, 6.07) is 12.0. The molecule has 5 rings (SSSR count). The van der Waals surface area contributed by atoms with Crippen LogP contribution in [0.5, 0.6) is 11.5 Å². The van der Waals surface area contributed by atoms with E-state index in [0.717, 1.165) is 41.1 Å². The van der Waals surface area contributed by atoms with Crippen molar-refractivity contribution in [2.45, 2.75) is 51.3 Å². The molecule has 2 atom stereocenters. The van der Waals surface area contributed by atoms with Gasteiger partial charge in [0.1, 0.15) is 5.76 Å². The van der Waals surface area contributed by atoms with Crippen LogP contribution in [0.3, 0.4) is 0 Å². The van der Waals surface area contributed by atoms with Crippen LogP contribution in [-0.4, -0.2) is 35.1 Å². The molecule has 0 spiro atoms. The van der Waals surface area contributed by atoms with Crippen molar-refractivity contribution in [2.75, 3.05) is 19.2 Å². The van der Waals surface area contributed by atoms with Gasteiger partial charge in [-0.2, -0.15) is 0 Å². The number of thioether (sulfide) groups is 1. The number of oxazole rings is 1. The number of benzene rings is 2. The molecule has 0 fully saturated rings. The molecule has 9 heteroatoms. The van der Waals surface area contributed by atoms with Crippen LogP contribution >= 0.6 is 11.8 Å². The van der Waals surface area contributed by atoms with Crippen LogP contribution in [0.25, 0.3) is 0 Å². The molecule has 2 aliphatic rings. The molecule has 3 aromatic rings. The number of aryl methyl sites for hydroxylation is 4. The minimum atomic E-state index is -0.0996. The van der Waals surface area contributed by atoms with E-state index in [9.17, 15) is 4.79 Å². The lowest BCUT2D eigenvalue weighted by Gasteiger charge is -2.16. The molecule has 8 nitrogen and oxygen atoms in total. The number of anilines is 1. The molecule has 0 aliphatic carbocycles. The molecular formula is C27H30N4O4S. The first-order valence-electron chi connectivity index (χ1n) is 12.1. The Morgan fingerprint density at radius 2 is 1.94 bits per heavy atom. The zero-order valence-electron chi connectivity index (χ0n) is 20.9. The Balaban J connectivity index is 1.26. The van der Waals surface area contributed by atoms with E-state index in [1.165, 1.54) is 5.56 Å². The second-order valence-corrected chi connectivity index (χ2v) is 10.4. The van der Waals surface area contributed by atoms with Crippen molar-refractivity contribution in [3.8, 4) is 11.5 Å². The molecule has 2 unspecified atom stereocenters. The van der Waals surface area contributed by atoms with Crippen LogP contribution in [0.2, 0.25) is 0 Å². The van der Waals surface area contributed by atoms with E-state index in [1.807, 2.05) is 39.1 Å². The monoisotopic (exact) mass is 506 g/mol. The number of fused-ring (bicyclic) bond motifs is 1. The number of nitrogens with one attached hydrogen (secondary N) is 2. The Hall–Kier alpha value is -3.46. The Kier molecular flexibility index (Phi) is 6.91. The van der Waals surface area contributed by atoms with Crippen molar-refractivity contribution in [1.82, 2.24) is 10.3 Å². The van der Waals surface area contributed by atoms with E-state index in [4.69, 9.17) is 18.9 Å². The van der Waals surface area contributed by atoms with Crippen molar-refractivity contribution in [3.63, 3.8) is 0 Å². The highest BCUT2D eigenvalue weighted by Crippen LogP contribution is 2.38. The van der Waals surface area contributed by atoms with Gasteiger partial charge >= 0.3 is 0 Å². The average molecular weight is 507 g/mol. The number of amidine groups is 1. The molecule has 1 amide bonds. The van der Waals surface area contributed by atoms with Gasteiger partial charge in [0, 0.05) is 24.9 Å². The zero-order chi connectivity index (χ0) is 25.2. The number of carbonyl (C=O) groups excluding carboxylic acids is 1. The lowest BCUT2D eigenvalue weighted by molar-refractivity contribution is -0.119. The normalized spacial score (nSPS) is 18.3. The molecule has 2 aromatic carbocycles. The van der Waals surface area contributed by atoms with Gasteiger partial charge in [0.2, 0.25) is 12.7 Å². The van der Waals surface area contributed by atoms with E-state index < -0.39 is 0 Å². The summed E-state index contributed by atoms with van der Waals surface area (Å²) in [5.74, 6) is 2.86. The van der Waals surface area contributed by atoms with E-state index in [2.05, 4.69) is 40.7 Å². The maximum absolute atomic E-state index is 12.7. The third kappa shape index (κ3) is 5.21. The predicted molar refractivity (Wildman–Crippen MR) is 141 cm³/mol. The highest BCUT2D eigenvalue weighted by molar-refractivity contribution is 8.14. The molecule has 0 saturated heterocycles. The quantitative estimate of drug-likeness (QED) is 0.478. The number of hydrogen-bond acceptors (Lipinski definition) is 8. The van der Waals surface area contributed by atoms with Gasteiger partial charge in [-0.1, -0.05) is 36.9 Å². The number of nitrogens with zero attached hydrogens (tertiary/aromatic N) is 2. The number of aromatic nitrogens is 1. The third-order valence-electron chi connectivity index (χ3n) is 6.42. The second kappa shape index (κ2) is 10.3. The van der Waals surface area contributed by atoms with Crippen molar-refractivity contribution in [2.24, 2.45) is 4.99 Å². The summed E-state index contributed by atoms with van der Waals surface area (Å²) in [6.07, 6.45) is 1.89. The van der Waals surface area contributed by atoms with Crippen LogP contribution in [0, 0.1) is 13.8 Å². The Labute approximate surface area is 214 Å². The molecule has 3 heterocycles. The number of aliphatic imine (C=N–C) groups is 1. The smallest absolute Gasteiger partial charge is 0.231 e. The van der Waals surface area contributed by atoms with Crippen LogP contribution in [0.1, 0.15) is 47.0 Å². The van der Waals surface area contributed by atoms with Gasteiger partial charge in [-0.05, 0) is 54.7 Å². The van der Waals surface area contributed by atoms with Gasteiger partial charge in [0.15, 0.2) is 22.6 Å². The predicted octanol–water partition coefficient (Wildman–Crippen LogP) is 4.74. The first kappa shape index (κ1) is 24.2. The molecule has 36 heavy (non-hydrogen) atoms. The van der Waals surface area contributed by atoms with Crippen LogP contribution < -0.4 is 20.1 Å². The first-order valence-corrected chi connectivity index (χ1v) is 12.9. The van der Waals surface area contributed by atoms with Gasteiger partial charge in [0.05, 0.1) is 18.2 Å². The average Bonchev–Trinajstić information content (AvgIpc) is 3.55. The second-order valence-electron chi connectivity index (χ2n) is 9.02. The minimum Gasteiger partial charge on any atom is -0.454 e. The number of carbonyl (C=O) groups is 1. The molecule has 0 saturated carbocycles. The van der Waals surface area contributed by atoms with Gasteiger partial charge in [-0.25, -0.2) is 4.98 Å². The van der Waals surface area contributed by atoms with Gasteiger partial charge in [-0.3, -0.25) is 9.79 Å². The molecule has 2 N–H and O–H groups in total. The fraction of sp³-hybridized carbons (Fsp3) is 0.370. The van der Waals surface area contributed by atoms with Crippen molar-refractivity contribution < 1.29 is 18.7 Å². The van der Waals surface area contributed by atoms with Gasteiger partial charge < -0.3 is 24.5 Å². The van der Waals surface area contributed by atoms with E-state index >= 15 is 0 Å². The van der Waals surface area contributed by atoms with E-state index in [0.29, 0.717) is 22.6 Å².